The second-order valence-electron chi connectivity index (χ2n) is 10.5. The third-order valence-corrected chi connectivity index (χ3v) is 8.38. The summed E-state index contributed by atoms with van der Waals surface area (Å²) in [5.41, 5.74) is 8.37. The third-order valence-electron chi connectivity index (χ3n) is 8.38. The maximum atomic E-state index is 6.58. The van der Waals surface area contributed by atoms with Crippen molar-refractivity contribution in [3.05, 3.63) is 115 Å². The summed E-state index contributed by atoms with van der Waals surface area (Å²) in [4.78, 5) is 0. The van der Waals surface area contributed by atoms with Crippen molar-refractivity contribution >= 4 is 87.6 Å². The second kappa shape index (κ2) is 7.13. The second-order valence-corrected chi connectivity index (χ2v) is 10.5. The van der Waals surface area contributed by atoms with E-state index in [0.29, 0.717) is 0 Å². The number of benzene rings is 6. The molecule has 0 unspecified atom stereocenters. The van der Waals surface area contributed by atoms with Crippen molar-refractivity contribution in [1.29, 1.82) is 0 Å². The van der Waals surface area contributed by atoms with Gasteiger partial charge in [0.2, 0.25) is 0 Å². The van der Waals surface area contributed by atoms with Crippen LogP contribution in [-0.2, 0) is 0 Å². The maximum Gasteiger partial charge on any atom is 0.180 e. The Morgan fingerprint density at radius 1 is 0.400 bits per heavy atom. The largest absolute Gasteiger partial charge is 0.456 e. The molecule has 4 heteroatoms. The Morgan fingerprint density at radius 3 is 1.70 bits per heavy atom. The first-order valence-electron chi connectivity index (χ1n) is 13.4. The molecule has 4 nitrogen and oxygen atoms in total. The van der Waals surface area contributed by atoms with Crippen LogP contribution >= 0.6 is 0 Å². The van der Waals surface area contributed by atoms with E-state index in [0.717, 1.165) is 82.5 Å². The topological polar surface area (TPSA) is 44.4 Å². The number of hydrogen-bond donors (Lipinski definition) is 0. The van der Waals surface area contributed by atoms with Crippen LogP contribution in [0.1, 0.15) is 0 Å². The van der Waals surface area contributed by atoms with Gasteiger partial charge in [0.1, 0.15) is 22.3 Å². The van der Waals surface area contributed by atoms with Gasteiger partial charge in [0.15, 0.2) is 11.2 Å². The van der Waals surface area contributed by atoms with Crippen molar-refractivity contribution in [2.24, 2.45) is 0 Å². The molecule has 0 saturated heterocycles. The molecular formula is C36H19NO3. The molecule has 0 fully saturated rings. The Labute approximate surface area is 226 Å². The smallest absolute Gasteiger partial charge is 0.180 e. The van der Waals surface area contributed by atoms with E-state index in [1.54, 1.807) is 0 Å². The summed E-state index contributed by atoms with van der Waals surface area (Å²) in [7, 11) is 0. The molecule has 0 aliphatic heterocycles. The fourth-order valence-corrected chi connectivity index (χ4v) is 6.75. The lowest BCUT2D eigenvalue weighted by Gasteiger charge is -2.09. The quantitative estimate of drug-likeness (QED) is 0.219. The molecule has 0 spiro atoms. The lowest BCUT2D eigenvalue weighted by molar-refractivity contribution is 0.633. The Bertz CT molecular complexity index is 2660. The number of fused-ring (bicyclic) bond motifs is 15. The highest BCUT2D eigenvalue weighted by Crippen LogP contribution is 2.48. The lowest BCUT2D eigenvalue weighted by Crippen LogP contribution is -1.94. The minimum Gasteiger partial charge on any atom is -0.456 e. The first kappa shape index (κ1) is 20.5. The van der Waals surface area contributed by atoms with Gasteiger partial charge in [0, 0.05) is 43.4 Å². The molecule has 4 heterocycles. The molecule has 0 N–H and O–H groups in total. The number of hydrogen-bond acceptors (Lipinski definition) is 3. The molecule has 0 atom stereocenters. The Kier molecular flexibility index (Phi) is 3.65. The zero-order valence-corrected chi connectivity index (χ0v) is 21.1. The number of furan rings is 3. The van der Waals surface area contributed by atoms with Crippen LogP contribution in [0, 0.1) is 0 Å². The number of para-hydroxylation sites is 4. The number of nitrogens with zero attached hydrogens (tertiary/aromatic N) is 1. The lowest BCUT2D eigenvalue weighted by atomic mass is 10.0. The van der Waals surface area contributed by atoms with E-state index in [1.165, 1.54) is 10.8 Å². The van der Waals surface area contributed by atoms with E-state index >= 15 is 0 Å². The number of aromatic nitrogens is 1. The highest BCUT2D eigenvalue weighted by atomic mass is 16.4. The summed E-state index contributed by atoms with van der Waals surface area (Å²) in [5.74, 6) is 0. The minimum atomic E-state index is 0.777. The van der Waals surface area contributed by atoms with Crippen LogP contribution < -0.4 is 0 Å². The third kappa shape index (κ3) is 2.42. The first-order chi connectivity index (χ1) is 19.8. The van der Waals surface area contributed by atoms with E-state index in [9.17, 15) is 0 Å². The monoisotopic (exact) mass is 513 g/mol. The van der Waals surface area contributed by atoms with Crippen molar-refractivity contribution in [2.75, 3.05) is 0 Å². The van der Waals surface area contributed by atoms with Crippen LogP contribution in [0.15, 0.2) is 129 Å². The van der Waals surface area contributed by atoms with Gasteiger partial charge in [0.25, 0.3) is 0 Å². The van der Waals surface area contributed by atoms with Crippen LogP contribution in [0.3, 0.4) is 0 Å². The van der Waals surface area contributed by atoms with E-state index < -0.39 is 0 Å². The average molecular weight is 514 g/mol. The summed E-state index contributed by atoms with van der Waals surface area (Å²) in [6.45, 7) is 0. The normalized spacial score (nSPS) is 12.5. The molecule has 40 heavy (non-hydrogen) atoms. The van der Waals surface area contributed by atoms with Gasteiger partial charge < -0.3 is 17.8 Å². The fraction of sp³-hybridized carbons (Fsp3) is 0. The van der Waals surface area contributed by atoms with Gasteiger partial charge in [-0.05, 0) is 42.5 Å². The first-order valence-corrected chi connectivity index (χ1v) is 13.4. The molecule has 0 amide bonds. The van der Waals surface area contributed by atoms with Gasteiger partial charge in [-0.2, -0.15) is 0 Å². The predicted molar refractivity (Wildman–Crippen MR) is 163 cm³/mol. The fourth-order valence-electron chi connectivity index (χ4n) is 6.75. The summed E-state index contributed by atoms with van der Waals surface area (Å²) < 4.78 is 21.7. The summed E-state index contributed by atoms with van der Waals surface area (Å²) in [6, 6.07) is 39.9. The van der Waals surface area contributed by atoms with Gasteiger partial charge in [0.05, 0.1) is 16.4 Å². The van der Waals surface area contributed by atoms with E-state index in [4.69, 9.17) is 13.3 Å². The highest BCUT2D eigenvalue weighted by Gasteiger charge is 2.26. The Hall–Kier alpha value is -5.48. The highest BCUT2D eigenvalue weighted by molar-refractivity contribution is 6.38. The molecule has 10 rings (SSSR count). The maximum absolute atomic E-state index is 6.58. The van der Waals surface area contributed by atoms with Gasteiger partial charge in [-0.15, -0.1) is 0 Å². The van der Waals surface area contributed by atoms with Gasteiger partial charge in [-0.1, -0.05) is 72.8 Å². The summed E-state index contributed by atoms with van der Waals surface area (Å²) in [5, 5.41) is 8.87. The van der Waals surface area contributed by atoms with Crippen molar-refractivity contribution in [1.82, 2.24) is 4.57 Å². The molecule has 0 radical (unpaired) electrons. The van der Waals surface area contributed by atoms with E-state index in [-0.39, 0.29) is 0 Å². The Morgan fingerprint density at radius 2 is 0.950 bits per heavy atom. The molecule has 6 aromatic carbocycles. The van der Waals surface area contributed by atoms with Crippen molar-refractivity contribution in [3.63, 3.8) is 0 Å². The van der Waals surface area contributed by atoms with Crippen molar-refractivity contribution in [3.8, 4) is 5.69 Å². The molecular weight excluding hydrogens is 494 g/mol. The average Bonchev–Trinajstić information content (AvgIpc) is 3.75. The van der Waals surface area contributed by atoms with Crippen LogP contribution in [0.4, 0.5) is 0 Å². The zero-order chi connectivity index (χ0) is 25.9. The van der Waals surface area contributed by atoms with Crippen molar-refractivity contribution in [2.45, 2.75) is 0 Å². The molecule has 0 bridgehead atoms. The standard InChI is InChI=1S/C36H19NO3/c1-5-13-26-22(10-1)31-32-23-11-3-7-15-28(23)39-35(32)36-33(24-12-4-8-16-29(24)40-36)34(31)37(26)20-17-18-30-25(19-20)21-9-2-6-14-27(21)38-30/h1-19H. The molecule has 0 aliphatic rings. The van der Waals surface area contributed by atoms with E-state index in [2.05, 4.69) is 83.4 Å². The molecule has 186 valence electrons. The van der Waals surface area contributed by atoms with Crippen LogP contribution in [0.2, 0.25) is 0 Å². The van der Waals surface area contributed by atoms with Gasteiger partial charge >= 0.3 is 0 Å². The Balaban J connectivity index is 1.51. The molecule has 0 saturated carbocycles. The van der Waals surface area contributed by atoms with Gasteiger partial charge in [-0.25, -0.2) is 0 Å². The van der Waals surface area contributed by atoms with Crippen LogP contribution in [0.25, 0.3) is 93.3 Å². The summed E-state index contributed by atoms with van der Waals surface area (Å²) in [6.07, 6.45) is 0. The van der Waals surface area contributed by atoms with Gasteiger partial charge in [-0.3, -0.25) is 0 Å². The molecule has 0 aliphatic carbocycles. The summed E-state index contributed by atoms with van der Waals surface area (Å²) >= 11 is 0. The predicted octanol–water partition coefficient (Wildman–Crippen LogP) is 10.5. The SMILES string of the molecule is c1ccc2c(c1)oc1ccc(-n3c4ccccc4c4c5c6ccccc6oc5c5oc6ccccc6c5c43)cc12. The van der Waals surface area contributed by atoms with Crippen molar-refractivity contribution < 1.29 is 13.3 Å². The van der Waals surface area contributed by atoms with E-state index in [1.807, 2.05) is 36.4 Å². The minimum absolute atomic E-state index is 0.777. The molecule has 10 aromatic rings. The number of rotatable bonds is 1. The molecule has 4 aromatic heterocycles. The van der Waals surface area contributed by atoms with Crippen LogP contribution in [-0.4, -0.2) is 4.57 Å². The van der Waals surface area contributed by atoms with Crippen LogP contribution in [0.5, 0.6) is 0 Å². The zero-order valence-electron chi connectivity index (χ0n) is 21.1.